The number of likely N-dealkylation sites (N-methyl/N-ethyl adjacent to an activating group) is 1. The van der Waals surface area contributed by atoms with Gasteiger partial charge in [0.05, 0.1) is 21.1 Å². The van der Waals surface area contributed by atoms with Crippen molar-refractivity contribution in [1.82, 2.24) is 0 Å². The van der Waals surface area contributed by atoms with E-state index >= 15 is 0 Å². The molecule has 8 nitrogen and oxygen atoms in total. The summed E-state index contributed by atoms with van der Waals surface area (Å²) in [4.78, 5) is 36.0. The highest BCUT2D eigenvalue weighted by molar-refractivity contribution is 8.54. The third kappa shape index (κ3) is 18.2. The van der Waals surface area contributed by atoms with Gasteiger partial charge in [-0.1, -0.05) is 50.9 Å². The van der Waals surface area contributed by atoms with Gasteiger partial charge in [-0.3, -0.25) is 14.2 Å². The molecule has 0 radical (unpaired) electrons. The van der Waals surface area contributed by atoms with Gasteiger partial charge >= 0.3 is 11.9 Å². The minimum absolute atomic E-state index is 0.0487. The average Bonchev–Trinajstić information content (AvgIpc) is 2.63. The van der Waals surface area contributed by atoms with Gasteiger partial charge in [-0.2, -0.15) is 0 Å². The van der Waals surface area contributed by atoms with E-state index in [2.05, 4.69) is 0 Å². The minimum Gasteiger partial charge on any atom is -0.770 e. The van der Waals surface area contributed by atoms with E-state index in [1.165, 1.54) is 0 Å². The molecule has 2 atom stereocenters. The molecule has 0 aliphatic carbocycles. The molecule has 0 rings (SSSR count). The predicted molar refractivity (Wildman–Crippen MR) is 118 cm³/mol. The second kappa shape index (κ2) is 16.1. The Bertz CT molecular complexity index is 540. The van der Waals surface area contributed by atoms with Gasteiger partial charge in [0.2, 0.25) is 0 Å². The predicted octanol–water partition coefficient (Wildman–Crippen LogP) is 3.53. The van der Waals surface area contributed by atoms with Crippen LogP contribution in [0.3, 0.4) is 0 Å². The van der Waals surface area contributed by atoms with E-state index < -0.39 is 18.9 Å². The van der Waals surface area contributed by atoms with Crippen molar-refractivity contribution in [2.45, 2.75) is 71.3 Å². The fourth-order valence-electron chi connectivity index (χ4n) is 2.30. The van der Waals surface area contributed by atoms with E-state index in [0.29, 0.717) is 35.3 Å². The van der Waals surface area contributed by atoms with Crippen molar-refractivity contribution < 1.29 is 37.5 Å². The van der Waals surface area contributed by atoms with Gasteiger partial charge in [0.25, 0.3) is 0 Å². The summed E-state index contributed by atoms with van der Waals surface area (Å²) < 4.78 is 28.3. The Morgan fingerprint density at radius 2 is 1.57 bits per heavy atom. The summed E-state index contributed by atoms with van der Waals surface area (Å²) in [6, 6.07) is 0. The molecule has 1 unspecified atom stereocenters. The van der Waals surface area contributed by atoms with Crippen molar-refractivity contribution >= 4 is 30.1 Å². The van der Waals surface area contributed by atoms with Gasteiger partial charge in [0.1, 0.15) is 25.9 Å². The van der Waals surface area contributed by atoms with Gasteiger partial charge in [-0.25, -0.2) is 0 Å². The number of ether oxygens (including phenoxy) is 2. The maximum Gasteiger partial charge on any atom is 0.306 e. The van der Waals surface area contributed by atoms with Crippen LogP contribution in [0.25, 0.3) is 0 Å². The molecular weight excluding hydrogens is 429 g/mol. The van der Waals surface area contributed by atoms with E-state index in [-0.39, 0.29) is 31.4 Å². The van der Waals surface area contributed by atoms with Crippen LogP contribution in [0.15, 0.2) is 0 Å². The Hall–Kier alpha value is -0.600. The van der Waals surface area contributed by atoms with Crippen LogP contribution in [-0.2, 0) is 28.2 Å². The Morgan fingerprint density at radius 3 is 2.10 bits per heavy atom. The van der Waals surface area contributed by atoms with Crippen LogP contribution in [0.2, 0.25) is 0 Å². The molecule has 0 N–H and O–H groups in total. The summed E-state index contributed by atoms with van der Waals surface area (Å²) in [5, 5.41) is 0. The molecular formula is C20H40NO7PS. The van der Waals surface area contributed by atoms with Crippen molar-refractivity contribution in [2.75, 3.05) is 46.7 Å². The molecule has 0 saturated carbocycles. The van der Waals surface area contributed by atoms with Crippen molar-refractivity contribution in [3.8, 4) is 0 Å². The molecule has 30 heavy (non-hydrogen) atoms. The van der Waals surface area contributed by atoms with E-state index in [4.69, 9.17) is 14.0 Å². The third-order valence-electron chi connectivity index (χ3n) is 4.13. The fourth-order valence-corrected chi connectivity index (χ4v) is 4.68. The minimum atomic E-state index is -4.15. The number of quaternary nitrogens is 1. The highest BCUT2D eigenvalue weighted by atomic mass is 32.7. The largest absolute Gasteiger partial charge is 0.770 e. The topological polar surface area (TPSA) is 102 Å². The fraction of sp³-hybridized carbons (Fsp3) is 0.900. The lowest BCUT2D eigenvalue weighted by Crippen LogP contribution is -2.37. The van der Waals surface area contributed by atoms with Crippen molar-refractivity contribution in [2.24, 2.45) is 0 Å². The summed E-state index contributed by atoms with van der Waals surface area (Å²) in [7, 11) is 5.82. The van der Waals surface area contributed by atoms with Gasteiger partial charge in [-0.05, 0) is 12.8 Å². The summed E-state index contributed by atoms with van der Waals surface area (Å²) in [5.74, 6) is -0.833. The molecule has 0 aliphatic heterocycles. The number of rotatable bonds is 18. The Balaban J connectivity index is 4.63. The number of hydrogen-bond donors (Lipinski definition) is 0. The number of unbranched alkanes of at least 4 members (excludes halogenated alkanes) is 4. The molecule has 0 fully saturated rings. The zero-order valence-electron chi connectivity index (χ0n) is 19.2. The van der Waals surface area contributed by atoms with Crippen LogP contribution in [0.1, 0.15) is 65.2 Å². The summed E-state index contributed by atoms with van der Waals surface area (Å²) in [6.07, 6.45) is 4.99. The van der Waals surface area contributed by atoms with Crippen LogP contribution < -0.4 is 4.89 Å². The number of carbonyl (C=O) groups excluding carboxylic acids is 2. The summed E-state index contributed by atoms with van der Waals surface area (Å²) >= 11 is 0.583. The van der Waals surface area contributed by atoms with Gasteiger partial charge in [0.15, 0.2) is 6.80 Å². The van der Waals surface area contributed by atoms with Crippen LogP contribution in [0.4, 0.5) is 0 Å². The first-order chi connectivity index (χ1) is 14.0. The maximum atomic E-state index is 12.1. The average molecular weight is 470 g/mol. The highest BCUT2D eigenvalue weighted by Gasteiger charge is 2.21. The first-order valence-electron chi connectivity index (χ1n) is 10.7. The second-order valence-electron chi connectivity index (χ2n) is 8.30. The van der Waals surface area contributed by atoms with E-state index in [1.807, 2.05) is 35.0 Å². The molecule has 0 spiro atoms. The maximum absolute atomic E-state index is 12.1. The number of hydrogen-bond acceptors (Lipinski definition) is 8. The highest BCUT2D eigenvalue weighted by Crippen LogP contribution is 2.51. The quantitative estimate of drug-likeness (QED) is 0.130. The van der Waals surface area contributed by atoms with Gasteiger partial charge in [0, 0.05) is 18.6 Å². The number of nitrogens with zero attached hydrogens (tertiary/aromatic N) is 1. The molecule has 178 valence electrons. The molecule has 0 aliphatic rings. The lowest BCUT2D eigenvalue weighted by molar-refractivity contribution is -0.870. The first-order valence-corrected chi connectivity index (χ1v) is 13.9. The van der Waals surface area contributed by atoms with Gasteiger partial charge < -0.3 is 23.4 Å². The Morgan fingerprint density at radius 1 is 1.00 bits per heavy atom. The smallest absolute Gasteiger partial charge is 0.306 e. The van der Waals surface area contributed by atoms with Crippen molar-refractivity contribution in [3.63, 3.8) is 0 Å². The summed E-state index contributed by atoms with van der Waals surface area (Å²) in [5.41, 5.74) is 0. The summed E-state index contributed by atoms with van der Waals surface area (Å²) in [6.45, 7) is 0.389. The van der Waals surface area contributed by atoms with E-state index in [1.54, 1.807) is 0 Å². The van der Waals surface area contributed by atoms with E-state index in [9.17, 15) is 19.0 Å². The van der Waals surface area contributed by atoms with Crippen molar-refractivity contribution in [1.29, 1.82) is 0 Å². The lowest BCUT2D eigenvalue weighted by atomic mass is 10.2. The normalized spacial score (nSPS) is 14.7. The molecule has 0 aromatic heterocycles. The number of carbonyl (C=O) groups is 2. The molecule has 0 saturated heterocycles. The van der Waals surface area contributed by atoms with Crippen LogP contribution in [0, 0.1) is 0 Å². The number of esters is 2. The van der Waals surface area contributed by atoms with E-state index in [0.717, 1.165) is 32.1 Å². The first kappa shape index (κ1) is 29.4. The Labute approximate surface area is 185 Å². The van der Waals surface area contributed by atoms with Gasteiger partial charge in [-0.15, -0.1) is 0 Å². The SMILES string of the molecule is CCCCCC(=O)OC[C@H](CSP(=O)([O-])OCC[N+](C)(C)C)OC(=O)CCCCC. The van der Waals surface area contributed by atoms with Crippen LogP contribution >= 0.6 is 18.2 Å². The van der Waals surface area contributed by atoms with Crippen LogP contribution in [-0.4, -0.2) is 69.2 Å². The molecule has 0 aromatic rings. The Kier molecular flexibility index (Phi) is 15.8. The molecule has 0 amide bonds. The molecule has 0 bridgehead atoms. The molecule has 0 heterocycles. The standard InChI is InChI=1S/C20H40NO7PS/c1-6-8-10-12-19(22)26-16-18(28-20(23)13-11-9-7-2)17-30-29(24,25)27-15-14-21(3,4)5/h18H,6-17H2,1-5H3/t18-/m1/s1. The van der Waals surface area contributed by atoms with Crippen LogP contribution in [0.5, 0.6) is 0 Å². The van der Waals surface area contributed by atoms with Crippen molar-refractivity contribution in [3.05, 3.63) is 0 Å². The monoisotopic (exact) mass is 469 g/mol. The lowest BCUT2D eigenvalue weighted by Gasteiger charge is -2.28. The second-order valence-corrected chi connectivity index (χ2v) is 12.2. The zero-order chi connectivity index (χ0) is 23.0. The third-order valence-corrected chi connectivity index (χ3v) is 7.18. The molecule has 0 aromatic carbocycles. The zero-order valence-corrected chi connectivity index (χ0v) is 20.9. The molecule has 10 heteroatoms.